The van der Waals surface area contributed by atoms with Gasteiger partial charge in [-0.25, -0.2) is 10.2 Å². The van der Waals surface area contributed by atoms with Crippen LogP contribution in [0.1, 0.15) is 38.8 Å². The molecule has 0 spiro atoms. The highest BCUT2D eigenvalue weighted by molar-refractivity contribution is 9.11. The van der Waals surface area contributed by atoms with Gasteiger partial charge in [0.2, 0.25) is 0 Å². The van der Waals surface area contributed by atoms with Crippen LogP contribution in [0.25, 0.3) is 0 Å². The van der Waals surface area contributed by atoms with Crippen LogP contribution in [0.15, 0.2) is 81.3 Å². The number of carbonyl (C=O) groups excluding carboxylic acids is 1. The van der Waals surface area contributed by atoms with Gasteiger partial charge in [-0.3, -0.25) is 4.79 Å². The van der Waals surface area contributed by atoms with Crippen LogP contribution in [-0.4, -0.2) is 36.4 Å². The molecule has 0 aliphatic heterocycles. The van der Waals surface area contributed by atoms with E-state index < -0.39 is 11.9 Å². The summed E-state index contributed by atoms with van der Waals surface area (Å²) in [6.45, 7) is 6.47. The fourth-order valence-electron chi connectivity index (χ4n) is 3.11. The van der Waals surface area contributed by atoms with Crippen LogP contribution < -0.4 is 19.6 Å². The predicted octanol–water partition coefficient (Wildman–Crippen LogP) is 6.22. The Labute approximate surface area is 231 Å². The van der Waals surface area contributed by atoms with Crippen molar-refractivity contribution in [2.75, 3.05) is 13.2 Å². The Kier molecular flexibility index (Phi) is 10.3. The molecule has 0 aromatic heterocycles. The van der Waals surface area contributed by atoms with E-state index in [-0.39, 0.29) is 12.2 Å². The average Bonchev–Trinajstić information content (AvgIpc) is 2.87. The van der Waals surface area contributed by atoms with Crippen molar-refractivity contribution in [3.63, 3.8) is 0 Å². The van der Waals surface area contributed by atoms with E-state index >= 15 is 0 Å². The molecule has 0 unspecified atom stereocenters. The van der Waals surface area contributed by atoms with E-state index in [0.717, 1.165) is 5.56 Å². The SMILES string of the molecule is C=CCOc1ccc(C(=O)N/N=C/c2cc(Br)c(OCc3ccc(C(=O)O)cc3)c(Br)c2)cc1OCC. The molecular weight excluding hydrogens is 608 g/mol. The van der Waals surface area contributed by atoms with Gasteiger partial charge in [-0.2, -0.15) is 5.10 Å². The van der Waals surface area contributed by atoms with Gasteiger partial charge in [-0.05, 0) is 92.4 Å². The molecule has 1 amide bonds. The summed E-state index contributed by atoms with van der Waals surface area (Å²) in [5.74, 6) is 0.178. The van der Waals surface area contributed by atoms with Crippen LogP contribution in [0, 0.1) is 0 Å². The number of halogens is 2. The molecule has 8 nitrogen and oxygen atoms in total. The molecule has 3 rings (SSSR count). The summed E-state index contributed by atoms with van der Waals surface area (Å²) in [4.78, 5) is 23.6. The molecule has 0 fully saturated rings. The molecule has 0 bridgehead atoms. The number of hydrazone groups is 1. The maximum atomic E-state index is 12.6. The fourth-order valence-corrected chi connectivity index (χ4v) is 4.56. The van der Waals surface area contributed by atoms with Crippen molar-refractivity contribution < 1.29 is 28.9 Å². The van der Waals surface area contributed by atoms with Crippen LogP contribution in [0.2, 0.25) is 0 Å². The van der Waals surface area contributed by atoms with Crippen LogP contribution in [-0.2, 0) is 6.61 Å². The highest BCUT2D eigenvalue weighted by Crippen LogP contribution is 2.35. The highest BCUT2D eigenvalue weighted by atomic mass is 79.9. The zero-order chi connectivity index (χ0) is 26.8. The lowest BCUT2D eigenvalue weighted by Crippen LogP contribution is -2.17. The lowest BCUT2D eigenvalue weighted by Gasteiger charge is -2.12. The first kappa shape index (κ1) is 27.9. The van der Waals surface area contributed by atoms with Gasteiger partial charge in [-0.15, -0.1) is 0 Å². The van der Waals surface area contributed by atoms with Gasteiger partial charge < -0.3 is 19.3 Å². The smallest absolute Gasteiger partial charge is 0.335 e. The predicted molar refractivity (Wildman–Crippen MR) is 148 cm³/mol. The van der Waals surface area contributed by atoms with Crippen LogP contribution in [0.3, 0.4) is 0 Å². The number of carbonyl (C=O) groups is 2. The Morgan fingerprint density at radius 1 is 0.973 bits per heavy atom. The second-order valence-corrected chi connectivity index (χ2v) is 9.21. The largest absolute Gasteiger partial charge is 0.490 e. The molecule has 3 aromatic carbocycles. The van der Waals surface area contributed by atoms with Crippen LogP contribution >= 0.6 is 31.9 Å². The van der Waals surface area contributed by atoms with E-state index in [1.54, 1.807) is 48.5 Å². The second-order valence-electron chi connectivity index (χ2n) is 7.50. The number of ether oxygens (including phenoxy) is 3. The van der Waals surface area contributed by atoms with Gasteiger partial charge in [-0.1, -0.05) is 24.8 Å². The molecular formula is C27H24Br2N2O6. The van der Waals surface area contributed by atoms with Crippen molar-refractivity contribution in [3.8, 4) is 17.2 Å². The maximum absolute atomic E-state index is 12.6. The van der Waals surface area contributed by atoms with Gasteiger partial charge in [0.1, 0.15) is 19.0 Å². The summed E-state index contributed by atoms with van der Waals surface area (Å²) in [6.07, 6.45) is 3.13. The Morgan fingerprint density at radius 3 is 2.27 bits per heavy atom. The standard InChI is InChI=1S/C27H24Br2N2O6/c1-3-11-36-23-10-9-20(14-24(23)35-4-2)26(32)31-30-15-18-12-21(28)25(22(29)13-18)37-16-17-5-7-19(8-6-17)27(33)34/h3,5-10,12-15H,1,4,11,16H2,2H3,(H,31,32)(H,33,34)/b30-15+. The number of nitrogens with one attached hydrogen (secondary N) is 1. The Morgan fingerprint density at radius 2 is 1.65 bits per heavy atom. The fraction of sp³-hybridized carbons (Fsp3) is 0.148. The Bertz CT molecular complexity index is 1290. The van der Waals surface area contributed by atoms with Gasteiger partial charge in [0.25, 0.3) is 5.91 Å². The van der Waals surface area contributed by atoms with Crippen molar-refractivity contribution in [3.05, 3.63) is 98.5 Å². The molecule has 2 N–H and O–H groups in total. The third-order valence-corrected chi connectivity index (χ3v) is 6.02. The molecule has 10 heteroatoms. The zero-order valence-corrected chi connectivity index (χ0v) is 23.0. The first-order chi connectivity index (χ1) is 17.8. The molecule has 37 heavy (non-hydrogen) atoms. The normalized spacial score (nSPS) is 10.7. The summed E-state index contributed by atoms with van der Waals surface area (Å²) >= 11 is 6.99. The van der Waals surface area contributed by atoms with Crippen molar-refractivity contribution in [2.24, 2.45) is 5.10 Å². The lowest BCUT2D eigenvalue weighted by molar-refractivity contribution is 0.0696. The van der Waals surface area contributed by atoms with E-state index in [2.05, 4.69) is 49.0 Å². The summed E-state index contributed by atoms with van der Waals surface area (Å²) in [6, 6.07) is 14.9. The minimum Gasteiger partial charge on any atom is -0.490 e. The molecule has 0 aliphatic carbocycles. The van der Waals surface area contributed by atoms with E-state index in [1.165, 1.54) is 18.3 Å². The number of amides is 1. The van der Waals surface area contributed by atoms with Crippen LogP contribution in [0.4, 0.5) is 0 Å². The Hall–Kier alpha value is -3.63. The topological polar surface area (TPSA) is 106 Å². The van der Waals surface area contributed by atoms with E-state index in [0.29, 0.717) is 50.5 Å². The van der Waals surface area contributed by atoms with E-state index in [9.17, 15) is 9.59 Å². The molecule has 0 saturated carbocycles. The van der Waals surface area contributed by atoms with E-state index in [1.807, 2.05) is 6.92 Å². The summed E-state index contributed by atoms with van der Waals surface area (Å²) in [7, 11) is 0. The third-order valence-electron chi connectivity index (χ3n) is 4.85. The number of nitrogens with zero attached hydrogens (tertiary/aromatic N) is 1. The molecule has 0 atom stereocenters. The highest BCUT2D eigenvalue weighted by Gasteiger charge is 2.12. The number of aromatic carboxylic acids is 1. The third kappa shape index (κ3) is 7.93. The van der Waals surface area contributed by atoms with Crippen molar-refractivity contribution >= 4 is 50.0 Å². The van der Waals surface area contributed by atoms with Gasteiger partial charge in [0.05, 0.1) is 27.3 Å². The second kappa shape index (κ2) is 13.6. The molecule has 0 radical (unpaired) electrons. The zero-order valence-electron chi connectivity index (χ0n) is 19.9. The first-order valence-corrected chi connectivity index (χ1v) is 12.7. The molecule has 0 saturated heterocycles. The summed E-state index contributed by atoms with van der Waals surface area (Å²) in [5, 5.41) is 13.1. The minimum atomic E-state index is -0.978. The first-order valence-electron chi connectivity index (χ1n) is 11.1. The van der Waals surface area contributed by atoms with Gasteiger partial charge >= 0.3 is 5.97 Å². The van der Waals surface area contributed by atoms with Crippen molar-refractivity contribution in [1.82, 2.24) is 5.43 Å². The molecule has 192 valence electrons. The number of hydrogen-bond donors (Lipinski definition) is 2. The molecule has 0 heterocycles. The molecule has 0 aliphatic rings. The Balaban J connectivity index is 1.63. The number of hydrogen-bond acceptors (Lipinski definition) is 6. The quantitative estimate of drug-likeness (QED) is 0.140. The van der Waals surface area contributed by atoms with Gasteiger partial charge in [0, 0.05) is 5.56 Å². The minimum absolute atomic E-state index is 0.214. The maximum Gasteiger partial charge on any atom is 0.335 e. The van der Waals surface area contributed by atoms with Crippen molar-refractivity contribution in [1.29, 1.82) is 0 Å². The number of carboxylic acids is 1. The van der Waals surface area contributed by atoms with Crippen molar-refractivity contribution in [2.45, 2.75) is 13.5 Å². The summed E-state index contributed by atoms with van der Waals surface area (Å²) in [5.41, 5.74) is 4.62. The summed E-state index contributed by atoms with van der Waals surface area (Å²) < 4.78 is 18.4. The van der Waals surface area contributed by atoms with Gasteiger partial charge in [0.15, 0.2) is 11.5 Å². The number of carboxylic acid groups (broad SMARTS) is 1. The van der Waals surface area contributed by atoms with Crippen LogP contribution in [0.5, 0.6) is 17.2 Å². The monoisotopic (exact) mass is 630 g/mol. The number of benzene rings is 3. The number of rotatable bonds is 12. The lowest BCUT2D eigenvalue weighted by atomic mass is 10.1. The van der Waals surface area contributed by atoms with E-state index in [4.69, 9.17) is 19.3 Å². The average molecular weight is 632 g/mol. The molecule has 3 aromatic rings.